The molecule has 19 heavy (non-hydrogen) atoms. The number of aryl methyl sites for hydroxylation is 1. The predicted molar refractivity (Wildman–Crippen MR) is 77.9 cm³/mol. The van der Waals surface area contributed by atoms with Crippen LogP contribution in [0.15, 0.2) is 47.4 Å². The van der Waals surface area contributed by atoms with Gasteiger partial charge in [-0.1, -0.05) is 29.8 Å². The molecule has 0 spiro atoms. The molecule has 0 fully saturated rings. The Morgan fingerprint density at radius 2 is 1.84 bits per heavy atom. The molecule has 0 saturated carbocycles. The van der Waals surface area contributed by atoms with Crippen LogP contribution in [0.1, 0.15) is 5.56 Å². The van der Waals surface area contributed by atoms with Crippen LogP contribution in [-0.4, -0.2) is 8.42 Å². The van der Waals surface area contributed by atoms with Crippen molar-refractivity contribution in [3.8, 4) is 0 Å². The lowest BCUT2D eigenvalue weighted by molar-refractivity contribution is 0.601. The van der Waals surface area contributed by atoms with Crippen LogP contribution in [0.5, 0.6) is 0 Å². The quantitative estimate of drug-likeness (QED) is 0.855. The van der Waals surface area contributed by atoms with Crippen molar-refractivity contribution in [3.63, 3.8) is 0 Å². The number of sulfonamides is 1. The maximum Gasteiger partial charge on any atom is 0.264 e. The molecule has 0 aliphatic carbocycles. The Morgan fingerprint density at radius 1 is 1.16 bits per heavy atom. The number of rotatable bonds is 3. The Labute approximate surface area is 117 Å². The molecule has 2 rings (SSSR count). The van der Waals surface area contributed by atoms with E-state index in [0.717, 1.165) is 5.56 Å². The van der Waals surface area contributed by atoms with E-state index in [4.69, 9.17) is 17.3 Å². The van der Waals surface area contributed by atoms with Crippen molar-refractivity contribution in [1.82, 2.24) is 0 Å². The minimum Gasteiger partial charge on any atom is -0.398 e. The molecular formula is C13H13ClN2O2S. The molecule has 0 radical (unpaired) electrons. The Hall–Kier alpha value is -1.72. The van der Waals surface area contributed by atoms with E-state index in [1.165, 1.54) is 12.1 Å². The van der Waals surface area contributed by atoms with E-state index in [9.17, 15) is 8.42 Å². The largest absolute Gasteiger partial charge is 0.398 e. The van der Waals surface area contributed by atoms with Crippen molar-refractivity contribution in [1.29, 1.82) is 0 Å². The van der Waals surface area contributed by atoms with Gasteiger partial charge in [-0.05, 0) is 36.8 Å². The fourth-order valence-electron chi connectivity index (χ4n) is 1.63. The average Bonchev–Trinajstić information content (AvgIpc) is 2.35. The van der Waals surface area contributed by atoms with Crippen LogP contribution >= 0.6 is 11.6 Å². The molecule has 0 saturated heterocycles. The number of nitrogens with two attached hydrogens (primary N) is 1. The summed E-state index contributed by atoms with van der Waals surface area (Å²) in [6.45, 7) is 1.82. The van der Waals surface area contributed by atoms with E-state index in [1.54, 1.807) is 18.2 Å². The molecule has 0 aromatic heterocycles. The molecule has 0 heterocycles. The predicted octanol–water partition coefficient (Wildman–Crippen LogP) is 3.03. The van der Waals surface area contributed by atoms with Gasteiger partial charge in [0.2, 0.25) is 0 Å². The molecule has 0 aliphatic rings. The minimum atomic E-state index is -3.75. The Bertz CT molecular complexity index is 714. The van der Waals surface area contributed by atoms with Gasteiger partial charge in [0.05, 0.1) is 11.4 Å². The van der Waals surface area contributed by atoms with Gasteiger partial charge in [-0.3, -0.25) is 4.72 Å². The standard InChI is InChI=1S/C13H13ClN2O2S/c1-9-4-2-3-5-12(9)16-19(17,18)13-8-10(14)6-7-11(13)15/h2-8,16H,15H2,1H3. The summed E-state index contributed by atoms with van der Waals surface area (Å²) in [6, 6.07) is 11.4. The van der Waals surface area contributed by atoms with Gasteiger partial charge < -0.3 is 5.73 Å². The fraction of sp³-hybridized carbons (Fsp3) is 0.0769. The Balaban J connectivity index is 2.44. The van der Waals surface area contributed by atoms with E-state index >= 15 is 0 Å². The molecule has 6 heteroatoms. The van der Waals surface area contributed by atoms with Crippen LogP contribution in [0.25, 0.3) is 0 Å². The van der Waals surface area contributed by atoms with Crippen molar-refractivity contribution >= 4 is 33.0 Å². The molecule has 2 aromatic carbocycles. The first-order valence-electron chi connectivity index (χ1n) is 5.53. The highest BCUT2D eigenvalue weighted by molar-refractivity contribution is 7.92. The topological polar surface area (TPSA) is 72.2 Å². The fourth-order valence-corrected chi connectivity index (χ4v) is 3.15. The van der Waals surface area contributed by atoms with Crippen LogP contribution in [0.3, 0.4) is 0 Å². The van der Waals surface area contributed by atoms with Gasteiger partial charge in [0.15, 0.2) is 0 Å². The third kappa shape index (κ3) is 3.00. The number of anilines is 2. The second-order valence-corrected chi connectivity index (χ2v) is 6.19. The first kappa shape index (κ1) is 13.7. The van der Waals surface area contributed by atoms with Crippen LogP contribution < -0.4 is 10.5 Å². The number of benzene rings is 2. The highest BCUT2D eigenvalue weighted by Crippen LogP contribution is 2.25. The van der Waals surface area contributed by atoms with Crippen LogP contribution in [0.4, 0.5) is 11.4 Å². The van der Waals surface area contributed by atoms with Crippen molar-refractivity contribution < 1.29 is 8.42 Å². The summed E-state index contributed by atoms with van der Waals surface area (Å²) in [4.78, 5) is -0.0248. The van der Waals surface area contributed by atoms with E-state index in [-0.39, 0.29) is 10.6 Å². The van der Waals surface area contributed by atoms with Crippen molar-refractivity contribution in [2.24, 2.45) is 0 Å². The molecule has 3 N–H and O–H groups in total. The second-order valence-electron chi connectivity index (χ2n) is 4.10. The molecule has 0 amide bonds. The van der Waals surface area contributed by atoms with E-state index in [0.29, 0.717) is 10.7 Å². The summed E-state index contributed by atoms with van der Waals surface area (Å²) in [6.07, 6.45) is 0. The SMILES string of the molecule is Cc1ccccc1NS(=O)(=O)c1cc(Cl)ccc1N. The minimum absolute atomic E-state index is 0.0248. The van der Waals surface area contributed by atoms with Crippen molar-refractivity contribution in [2.45, 2.75) is 11.8 Å². The molecule has 2 aromatic rings. The van der Waals surface area contributed by atoms with E-state index in [2.05, 4.69) is 4.72 Å². The molecule has 100 valence electrons. The van der Waals surface area contributed by atoms with E-state index in [1.807, 2.05) is 19.1 Å². The average molecular weight is 297 g/mol. The number of hydrogen-bond donors (Lipinski definition) is 2. The lowest BCUT2D eigenvalue weighted by Crippen LogP contribution is -2.15. The van der Waals surface area contributed by atoms with Gasteiger partial charge >= 0.3 is 0 Å². The molecular weight excluding hydrogens is 284 g/mol. The normalized spacial score (nSPS) is 11.3. The first-order valence-corrected chi connectivity index (χ1v) is 7.40. The molecule has 0 aliphatic heterocycles. The van der Waals surface area contributed by atoms with Gasteiger partial charge in [0.25, 0.3) is 10.0 Å². The van der Waals surface area contributed by atoms with Gasteiger partial charge in [0.1, 0.15) is 4.90 Å². The Kier molecular flexibility index (Phi) is 3.68. The summed E-state index contributed by atoms with van der Waals surface area (Å²) in [7, 11) is -3.75. The highest BCUT2D eigenvalue weighted by Gasteiger charge is 2.18. The number of para-hydroxylation sites is 1. The number of hydrogen-bond acceptors (Lipinski definition) is 3. The molecule has 4 nitrogen and oxygen atoms in total. The monoisotopic (exact) mass is 296 g/mol. The summed E-state index contributed by atoms with van der Waals surface area (Å²) in [5.74, 6) is 0. The van der Waals surface area contributed by atoms with Gasteiger partial charge in [-0.25, -0.2) is 8.42 Å². The summed E-state index contributed by atoms with van der Waals surface area (Å²) in [5.41, 5.74) is 7.19. The molecule has 0 bridgehead atoms. The number of nitrogens with one attached hydrogen (secondary N) is 1. The van der Waals surface area contributed by atoms with Gasteiger partial charge in [-0.2, -0.15) is 0 Å². The van der Waals surface area contributed by atoms with Gasteiger partial charge in [0, 0.05) is 5.02 Å². The van der Waals surface area contributed by atoms with Crippen LogP contribution in [0.2, 0.25) is 5.02 Å². The molecule has 0 unspecified atom stereocenters. The maximum absolute atomic E-state index is 12.3. The van der Waals surface area contributed by atoms with Crippen molar-refractivity contribution in [3.05, 3.63) is 53.1 Å². The molecule has 0 atom stereocenters. The van der Waals surface area contributed by atoms with Crippen molar-refractivity contribution in [2.75, 3.05) is 10.5 Å². The zero-order valence-corrected chi connectivity index (χ0v) is 11.8. The number of nitrogen functional groups attached to an aromatic ring is 1. The maximum atomic E-state index is 12.3. The summed E-state index contributed by atoms with van der Waals surface area (Å²) < 4.78 is 27.1. The van der Waals surface area contributed by atoms with Crippen LogP contribution in [0, 0.1) is 6.92 Å². The zero-order valence-electron chi connectivity index (χ0n) is 10.2. The lowest BCUT2D eigenvalue weighted by Gasteiger charge is -2.12. The third-order valence-corrected chi connectivity index (χ3v) is 4.31. The van der Waals surface area contributed by atoms with Crippen LogP contribution in [-0.2, 0) is 10.0 Å². The summed E-state index contributed by atoms with van der Waals surface area (Å²) in [5, 5.41) is 0.319. The van der Waals surface area contributed by atoms with E-state index < -0.39 is 10.0 Å². The summed E-state index contributed by atoms with van der Waals surface area (Å²) >= 11 is 5.81. The lowest BCUT2D eigenvalue weighted by atomic mass is 10.2. The zero-order chi connectivity index (χ0) is 14.0. The first-order chi connectivity index (χ1) is 8.90. The Morgan fingerprint density at radius 3 is 2.53 bits per heavy atom. The third-order valence-electron chi connectivity index (χ3n) is 2.65. The van der Waals surface area contributed by atoms with Gasteiger partial charge in [-0.15, -0.1) is 0 Å². The number of halogens is 1. The second kappa shape index (κ2) is 5.11. The smallest absolute Gasteiger partial charge is 0.264 e. The highest BCUT2D eigenvalue weighted by atomic mass is 35.5.